The Morgan fingerprint density at radius 1 is 1.17 bits per heavy atom. The van der Waals surface area contributed by atoms with E-state index in [1.807, 2.05) is 18.2 Å². The average Bonchev–Trinajstić information content (AvgIpc) is 2.60. The number of carbonyl (C=O) groups excluding carboxylic acids is 1. The number of benzene rings is 1. The predicted octanol–water partition coefficient (Wildman–Crippen LogP) is 1.92. The average molecular weight is 322 g/mol. The summed E-state index contributed by atoms with van der Waals surface area (Å²) in [6.07, 6.45) is 4.64. The first-order valence-corrected chi connectivity index (χ1v) is 6.97. The van der Waals surface area contributed by atoms with Gasteiger partial charge in [0.1, 0.15) is 11.6 Å². The van der Waals surface area contributed by atoms with E-state index in [9.17, 15) is 9.59 Å². The lowest BCUT2D eigenvalue weighted by Crippen LogP contribution is -2.16. The maximum Gasteiger partial charge on any atom is 0.335 e. The molecule has 0 spiro atoms. The lowest BCUT2D eigenvalue weighted by atomic mass is 10.2. The van der Waals surface area contributed by atoms with Gasteiger partial charge in [0, 0.05) is 30.8 Å². The molecule has 0 atom stereocenters. The summed E-state index contributed by atoms with van der Waals surface area (Å²) in [6.45, 7) is 0.453. The maximum atomic E-state index is 12.0. The number of nitrogens with one attached hydrogen (secondary N) is 2. The van der Waals surface area contributed by atoms with Crippen LogP contribution in [0.15, 0.2) is 60.6 Å². The zero-order valence-corrected chi connectivity index (χ0v) is 12.6. The van der Waals surface area contributed by atoms with Crippen molar-refractivity contribution in [3.8, 4) is 6.07 Å². The molecule has 1 aromatic carbocycles. The van der Waals surface area contributed by atoms with Crippen LogP contribution >= 0.6 is 0 Å². The minimum atomic E-state index is -1.05. The molecule has 0 saturated heterocycles. The third-order valence-corrected chi connectivity index (χ3v) is 3.06. The number of pyridine rings is 1. The molecule has 7 nitrogen and oxygen atoms in total. The number of carboxylic acid groups (broad SMARTS) is 1. The van der Waals surface area contributed by atoms with Gasteiger partial charge in [0.15, 0.2) is 0 Å². The zero-order chi connectivity index (χ0) is 17.4. The summed E-state index contributed by atoms with van der Waals surface area (Å²) in [7, 11) is 0. The van der Waals surface area contributed by atoms with Crippen LogP contribution in [-0.2, 0) is 11.3 Å². The Labute approximate surface area is 138 Å². The quantitative estimate of drug-likeness (QED) is 0.553. The van der Waals surface area contributed by atoms with Crippen LogP contribution in [0, 0.1) is 11.3 Å². The minimum Gasteiger partial charge on any atom is -0.478 e. The van der Waals surface area contributed by atoms with Crippen LogP contribution in [0.4, 0.5) is 5.69 Å². The SMILES string of the molecule is N#C/C(=C/NCc1ccncc1)C(=O)Nc1ccc(C(=O)O)cc1. The summed E-state index contributed by atoms with van der Waals surface area (Å²) >= 11 is 0. The van der Waals surface area contributed by atoms with Crippen LogP contribution in [0.3, 0.4) is 0 Å². The van der Waals surface area contributed by atoms with Gasteiger partial charge in [0.25, 0.3) is 5.91 Å². The van der Waals surface area contributed by atoms with E-state index in [2.05, 4.69) is 15.6 Å². The van der Waals surface area contributed by atoms with Crippen molar-refractivity contribution in [2.45, 2.75) is 6.54 Å². The van der Waals surface area contributed by atoms with Gasteiger partial charge >= 0.3 is 5.97 Å². The summed E-state index contributed by atoms with van der Waals surface area (Å²) in [5.74, 6) is -1.63. The number of carboxylic acids is 1. The molecule has 0 fully saturated rings. The van der Waals surface area contributed by atoms with Gasteiger partial charge in [-0.25, -0.2) is 4.79 Å². The molecule has 0 unspecified atom stereocenters. The largest absolute Gasteiger partial charge is 0.478 e. The Kier molecular flexibility index (Phi) is 5.64. The number of rotatable bonds is 6. The molecular weight excluding hydrogens is 308 g/mol. The molecule has 120 valence electrons. The molecule has 0 aliphatic carbocycles. The number of nitriles is 1. The third kappa shape index (κ3) is 4.68. The smallest absolute Gasteiger partial charge is 0.335 e. The lowest BCUT2D eigenvalue weighted by molar-refractivity contribution is -0.112. The van der Waals surface area contributed by atoms with E-state index in [-0.39, 0.29) is 11.1 Å². The zero-order valence-electron chi connectivity index (χ0n) is 12.6. The van der Waals surface area contributed by atoms with Crippen molar-refractivity contribution in [1.82, 2.24) is 10.3 Å². The second-order valence-corrected chi connectivity index (χ2v) is 4.74. The van der Waals surface area contributed by atoms with Gasteiger partial charge < -0.3 is 15.7 Å². The Hall–Kier alpha value is -3.66. The summed E-state index contributed by atoms with van der Waals surface area (Å²) in [5.41, 5.74) is 1.39. The van der Waals surface area contributed by atoms with Crippen molar-refractivity contribution in [2.75, 3.05) is 5.32 Å². The highest BCUT2D eigenvalue weighted by atomic mass is 16.4. The van der Waals surface area contributed by atoms with Crippen LogP contribution in [0.5, 0.6) is 0 Å². The predicted molar refractivity (Wildman–Crippen MR) is 86.8 cm³/mol. The fourth-order valence-electron chi connectivity index (χ4n) is 1.81. The molecule has 0 bridgehead atoms. The van der Waals surface area contributed by atoms with Crippen molar-refractivity contribution in [1.29, 1.82) is 5.26 Å². The molecule has 1 amide bonds. The van der Waals surface area contributed by atoms with Gasteiger partial charge in [-0.15, -0.1) is 0 Å². The highest BCUT2D eigenvalue weighted by Gasteiger charge is 2.10. The monoisotopic (exact) mass is 322 g/mol. The number of hydrogen-bond donors (Lipinski definition) is 3. The first-order chi connectivity index (χ1) is 11.6. The fraction of sp³-hybridized carbons (Fsp3) is 0.0588. The van der Waals surface area contributed by atoms with Gasteiger partial charge in [0.2, 0.25) is 0 Å². The molecule has 1 heterocycles. The summed E-state index contributed by atoms with van der Waals surface area (Å²) in [4.78, 5) is 26.7. The highest BCUT2D eigenvalue weighted by molar-refractivity contribution is 6.06. The van der Waals surface area contributed by atoms with E-state index in [0.717, 1.165) is 5.56 Å². The van der Waals surface area contributed by atoms with E-state index >= 15 is 0 Å². The molecule has 0 saturated carbocycles. The topological polar surface area (TPSA) is 115 Å². The van der Waals surface area contributed by atoms with Gasteiger partial charge in [-0.3, -0.25) is 9.78 Å². The minimum absolute atomic E-state index is 0.0913. The number of nitrogens with zero attached hydrogens (tertiary/aromatic N) is 2. The number of aromatic nitrogens is 1. The Morgan fingerprint density at radius 2 is 1.83 bits per heavy atom. The second kappa shape index (κ2) is 8.10. The summed E-state index contributed by atoms with van der Waals surface area (Å²) < 4.78 is 0. The van der Waals surface area contributed by atoms with Crippen molar-refractivity contribution < 1.29 is 14.7 Å². The van der Waals surface area contributed by atoms with Gasteiger partial charge in [-0.2, -0.15) is 5.26 Å². The van der Waals surface area contributed by atoms with Crippen molar-refractivity contribution in [3.63, 3.8) is 0 Å². The van der Waals surface area contributed by atoms with E-state index in [4.69, 9.17) is 10.4 Å². The van der Waals surface area contributed by atoms with Crippen LogP contribution < -0.4 is 10.6 Å². The summed E-state index contributed by atoms with van der Waals surface area (Å²) in [5, 5.41) is 23.3. The molecule has 0 aliphatic rings. The normalized spacial score (nSPS) is 10.5. The van der Waals surface area contributed by atoms with Crippen LogP contribution in [0.2, 0.25) is 0 Å². The molecule has 24 heavy (non-hydrogen) atoms. The van der Waals surface area contributed by atoms with Gasteiger partial charge in [-0.1, -0.05) is 0 Å². The molecule has 2 rings (SSSR count). The van der Waals surface area contributed by atoms with Crippen molar-refractivity contribution in [3.05, 3.63) is 71.7 Å². The summed E-state index contributed by atoms with van der Waals surface area (Å²) in [6, 6.07) is 11.1. The van der Waals surface area contributed by atoms with Crippen LogP contribution in [-0.4, -0.2) is 22.0 Å². The van der Waals surface area contributed by atoms with E-state index in [0.29, 0.717) is 12.2 Å². The van der Waals surface area contributed by atoms with Gasteiger partial charge in [-0.05, 0) is 42.0 Å². The van der Waals surface area contributed by atoms with E-state index < -0.39 is 11.9 Å². The fourth-order valence-corrected chi connectivity index (χ4v) is 1.81. The lowest BCUT2D eigenvalue weighted by Gasteiger charge is -2.05. The Bertz CT molecular complexity index is 793. The molecule has 0 aliphatic heterocycles. The van der Waals surface area contributed by atoms with Crippen molar-refractivity contribution >= 4 is 17.6 Å². The van der Waals surface area contributed by atoms with E-state index in [1.165, 1.54) is 30.5 Å². The van der Waals surface area contributed by atoms with Gasteiger partial charge in [0.05, 0.1) is 5.56 Å². The second-order valence-electron chi connectivity index (χ2n) is 4.74. The van der Waals surface area contributed by atoms with Crippen LogP contribution in [0.1, 0.15) is 15.9 Å². The molecular formula is C17H14N4O3. The maximum absolute atomic E-state index is 12.0. The molecule has 3 N–H and O–H groups in total. The standard InChI is InChI=1S/C17H14N4O3/c18-9-14(11-20-10-12-5-7-19-8-6-12)16(22)21-15-3-1-13(2-4-15)17(23)24/h1-8,11,20H,10H2,(H,21,22)(H,23,24)/b14-11-. The number of aromatic carboxylic acids is 1. The molecule has 7 heteroatoms. The van der Waals surface area contributed by atoms with Crippen molar-refractivity contribution in [2.24, 2.45) is 0 Å². The Balaban J connectivity index is 1.96. The molecule has 1 aromatic heterocycles. The number of anilines is 1. The van der Waals surface area contributed by atoms with E-state index in [1.54, 1.807) is 12.4 Å². The third-order valence-electron chi connectivity index (χ3n) is 3.06. The van der Waals surface area contributed by atoms with Crippen LogP contribution in [0.25, 0.3) is 0 Å². The highest BCUT2D eigenvalue weighted by Crippen LogP contribution is 2.10. The molecule has 0 radical (unpaired) electrons. The number of hydrogen-bond acceptors (Lipinski definition) is 5. The Morgan fingerprint density at radius 3 is 2.42 bits per heavy atom. The number of amides is 1. The molecule has 2 aromatic rings. The first-order valence-electron chi connectivity index (χ1n) is 6.97. The number of carbonyl (C=O) groups is 2. The first kappa shape index (κ1) is 16.7.